The molecule has 0 aromatic carbocycles. The summed E-state index contributed by atoms with van der Waals surface area (Å²) in [6, 6.07) is 0. The molecule has 2 rings (SSSR count). The Hall–Kier alpha value is -0.690. The van der Waals surface area contributed by atoms with Crippen LogP contribution in [0.3, 0.4) is 0 Å². The molecule has 12 heavy (non-hydrogen) atoms. The topological polar surface area (TPSA) is 0 Å². The molecule has 0 aliphatic heterocycles. The molecule has 0 saturated heterocycles. The number of rotatable bonds is 0. The molecule has 0 saturated carbocycles. The van der Waals surface area contributed by atoms with Crippen LogP contribution in [0.2, 0.25) is 0 Å². The first-order valence-corrected chi connectivity index (χ1v) is 4.68. The lowest BCUT2D eigenvalue weighted by molar-refractivity contribution is 1.12. The Morgan fingerprint density at radius 3 is 3.00 bits per heavy atom. The number of hydrogen-bond acceptors (Lipinski definition) is 1. The van der Waals surface area contributed by atoms with Crippen molar-refractivity contribution in [3.63, 3.8) is 0 Å². The first-order valence-electron chi connectivity index (χ1n) is 4.24. The van der Waals surface area contributed by atoms with E-state index in [1.165, 1.54) is 16.7 Å². The Balaban J connectivity index is 2.43. The van der Waals surface area contributed by atoms with Crippen molar-refractivity contribution in [2.75, 3.05) is 0 Å². The van der Waals surface area contributed by atoms with Crippen LogP contribution >= 0.6 is 12.6 Å². The summed E-state index contributed by atoms with van der Waals surface area (Å²) in [6.07, 6.45) is 11.0. The van der Waals surface area contributed by atoms with Crippen LogP contribution in [0.4, 0.5) is 0 Å². The van der Waals surface area contributed by atoms with Crippen LogP contribution in [0.15, 0.2) is 45.9 Å². The molecule has 2 aliphatic rings. The molecular formula is C11H12S. The van der Waals surface area contributed by atoms with Gasteiger partial charge >= 0.3 is 0 Å². The number of allylic oxidation sites excluding steroid dienone is 7. The Kier molecular flexibility index (Phi) is 1.97. The third-order valence-electron chi connectivity index (χ3n) is 2.38. The van der Waals surface area contributed by atoms with Gasteiger partial charge in [-0.2, -0.15) is 0 Å². The first-order chi connectivity index (χ1) is 5.77. The second kappa shape index (κ2) is 2.98. The summed E-state index contributed by atoms with van der Waals surface area (Å²) in [5.41, 5.74) is 4.31. The van der Waals surface area contributed by atoms with Gasteiger partial charge in [0.15, 0.2) is 0 Å². The fourth-order valence-corrected chi connectivity index (χ4v) is 2.02. The van der Waals surface area contributed by atoms with Gasteiger partial charge in [-0.3, -0.25) is 0 Å². The van der Waals surface area contributed by atoms with Crippen LogP contribution in [0, 0.1) is 0 Å². The minimum atomic E-state index is 1.06. The number of hydrogen-bond donors (Lipinski definition) is 1. The van der Waals surface area contributed by atoms with Crippen molar-refractivity contribution in [1.29, 1.82) is 0 Å². The van der Waals surface area contributed by atoms with Crippen LogP contribution in [0.5, 0.6) is 0 Å². The minimum Gasteiger partial charge on any atom is -0.144 e. The van der Waals surface area contributed by atoms with Gasteiger partial charge in [-0.05, 0) is 37.0 Å². The van der Waals surface area contributed by atoms with Gasteiger partial charge in [0, 0.05) is 4.91 Å². The van der Waals surface area contributed by atoms with Crippen molar-refractivity contribution >= 4 is 12.6 Å². The summed E-state index contributed by atoms with van der Waals surface area (Å²) >= 11 is 4.37. The van der Waals surface area contributed by atoms with E-state index >= 15 is 0 Å². The van der Waals surface area contributed by atoms with Crippen molar-refractivity contribution < 1.29 is 0 Å². The van der Waals surface area contributed by atoms with Crippen LogP contribution in [0.1, 0.15) is 19.8 Å². The van der Waals surface area contributed by atoms with Gasteiger partial charge in [-0.1, -0.05) is 23.8 Å². The molecule has 0 spiro atoms. The molecule has 0 unspecified atom stereocenters. The number of thiol groups is 1. The van der Waals surface area contributed by atoms with E-state index in [4.69, 9.17) is 0 Å². The van der Waals surface area contributed by atoms with Gasteiger partial charge in [0.05, 0.1) is 0 Å². The lowest BCUT2D eigenvalue weighted by Gasteiger charge is -2.01. The Morgan fingerprint density at radius 2 is 2.17 bits per heavy atom. The van der Waals surface area contributed by atoms with Gasteiger partial charge in [-0.25, -0.2) is 0 Å². The highest BCUT2D eigenvalue weighted by molar-refractivity contribution is 7.84. The highest BCUT2D eigenvalue weighted by atomic mass is 32.1. The first kappa shape index (κ1) is 7.93. The zero-order valence-electron chi connectivity index (χ0n) is 7.17. The van der Waals surface area contributed by atoms with E-state index < -0.39 is 0 Å². The molecule has 2 aliphatic carbocycles. The summed E-state index contributed by atoms with van der Waals surface area (Å²) in [5, 5.41) is 0. The van der Waals surface area contributed by atoms with Crippen molar-refractivity contribution in [2.24, 2.45) is 0 Å². The van der Waals surface area contributed by atoms with Crippen molar-refractivity contribution in [3.05, 3.63) is 45.9 Å². The van der Waals surface area contributed by atoms with E-state index in [9.17, 15) is 0 Å². The smallest absolute Gasteiger partial charge is 0.000608 e. The summed E-state index contributed by atoms with van der Waals surface area (Å²) in [5.74, 6) is 0. The van der Waals surface area contributed by atoms with Crippen molar-refractivity contribution in [1.82, 2.24) is 0 Å². The summed E-state index contributed by atoms with van der Waals surface area (Å²) in [7, 11) is 0. The summed E-state index contributed by atoms with van der Waals surface area (Å²) < 4.78 is 0. The average molecular weight is 176 g/mol. The lowest BCUT2D eigenvalue weighted by Crippen LogP contribution is -1.82. The highest BCUT2D eigenvalue weighted by Gasteiger charge is 2.11. The van der Waals surface area contributed by atoms with Crippen molar-refractivity contribution in [3.8, 4) is 0 Å². The van der Waals surface area contributed by atoms with Gasteiger partial charge in [-0.15, -0.1) is 12.6 Å². The molecule has 62 valence electrons. The van der Waals surface area contributed by atoms with Gasteiger partial charge in [0.1, 0.15) is 0 Å². The molecule has 0 radical (unpaired) electrons. The van der Waals surface area contributed by atoms with Gasteiger partial charge in [0.2, 0.25) is 0 Å². The molecule has 0 amide bonds. The van der Waals surface area contributed by atoms with Crippen LogP contribution in [-0.2, 0) is 0 Å². The van der Waals surface area contributed by atoms with Crippen LogP contribution in [0.25, 0.3) is 0 Å². The maximum Gasteiger partial charge on any atom is 0.000608 e. The fraction of sp³-hybridized carbons (Fsp3) is 0.273. The largest absolute Gasteiger partial charge is 0.144 e. The molecular weight excluding hydrogens is 164 g/mol. The molecule has 0 atom stereocenters. The maximum absolute atomic E-state index is 4.37. The Bertz CT molecular complexity index is 327. The maximum atomic E-state index is 4.37. The Morgan fingerprint density at radius 1 is 1.33 bits per heavy atom. The van der Waals surface area contributed by atoms with E-state index in [1.807, 2.05) is 0 Å². The van der Waals surface area contributed by atoms with E-state index in [0.29, 0.717) is 0 Å². The molecule has 0 bridgehead atoms. The van der Waals surface area contributed by atoms with Crippen LogP contribution in [-0.4, -0.2) is 0 Å². The van der Waals surface area contributed by atoms with Crippen molar-refractivity contribution in [2.45, 2.75) is 19.8 Å². The summed E-state index contributed by atoms with van der Waals surface area (Å²) in [4.78, 5) is 1.09. The summed E-state index contributed by atoms with van der Waals surface area (Å²) in [6.45, 7) is 2.15. The lowest BCUT2D eigenvalue weighted by atomic mass is 10.0. The Labute approximate surface area is 78.8 Å². The second-order valence-corrected chi connectivity index (χ2v) is 3.80. The molecule has 0 fully saturated rings. The monoisotopic (exact) mass is 176 g/mol. The second-order valence-electron chi connectivity index (χ2n) is 3.28. The molecule has 0 nitrogen and oxygen atoms in total. The predicted octanol–water partition coefficient (Wildman–Crippen LogP) is 3.41. The van der Waals surface area contributed by atoms with Gasteiger partial charge in [0.25, 0.3) is 0 Å². The van der Waals surface area contributed by atoms with Crippen LogP contribution < -0.4 is 0 Å². The highest BCUT2D eigenvalue weighted by Crippen LogP contribution is 2.31. The van der Waals surface area contributed by atoms with E-state index in [2.05, 4.69) is 43.9 Å². The van der Waals surface area contributed by atoms with E-state index in [0.717, 1.165) is 17.7 Å². The average Bonchev–Trinajstić information content (AvgIpc) is 2.43. The van der Waals surface area contributed by atoms with Gasteiger partial charge < -0.3 is 0 Å². The van der Waals surface area contributed by atoms with E-state index in [1.54, 1.807) is 0 Å². The quantitative estimate of drug-likeness (QED) is 0.537. The zero-order valence-corrected chi connectivity index (χ0v) is 8.07. The molecule has 1 heteroatoms. The SMILES string of the molecule is CC1=CC(S)=CCC2=C1C=CC2. The normalized spacial score (nSPS) is 21.8. The zero-order chi connectivity index (χ0) is 8.55. The third kappa shape index (κ3) is 1.29. The fourth-order valence-electron chi connectivity index (χ4n) is 1.74. The molecule has 0 N–H and O–H groups in total. The predicted molar refractivity (Wildman–Crippen MR) is 56.2 cm³/mol. The third-order valence-corrected chi connectivity index (χ3v) is 2.69. The molecule has 0 aromatic rings. The molecule has 0 heterocycles. The minimum absolute atomic E-state index is 1.06. The standard InChI is InChI=1S/C11H12S/c1-8-7-10(12)6-5-9-3-2-4-11(8)9/h2,4,6-7,12H,3,5H2,1H3. The van der Waals surface area contributed by atoms with E-state index in [-0.39, 0.29) is 0 Å². The molecule has 0 aromatic heterocycles.